The Balaban J connectivity index is 2.41. The highest BCUT2D eigenvalue weighted by molar-refractivity contribution is 5.93. The first kappa shape index (κ1) is 19.8. The summed E-state index contributed by atoms with van der Waals surface area (Å²) in [7, 11) is 6.61. The van der Waals surface area contributed by atoms with Gasteiger partial charge in [0.15, 0.2) is 11.5 Å². The number of hydrogen-bond acceptors (Lipinski definition) is 4. The van der Waals surface area contributed by atoms with Crippen molar-refractivity contribution >= 4 is 10.8 Å². The van der Waals surface area contributed by atoms with Gasteiger partial charge in [-0.15, -0.1) is 0 Å². The molecule has 5 nitrogen and oxygen atoms in total. The molecule has 0 aliphatic heterocycles. The van der Waals surface area contributed by atoms with Crippen LogP contribution in [-0.2, 0) is 12.8 Å². The fraction of sp³-hybridized carbons (Fsp3) is 0.348. The quantitative estimate of drug-likeness (QED) is 0.575. The van der Waals surface area contributed by atoms with Crippen molar-refractivity contribution < 1.29 is 18.6 Å². The van der Waals surface area contributed by atoms with Crippen LogP contribution >= 0.6 is 0 Å². The summed E-state index contributed by atoms with van der Waals surface area (Å²) in [5.41, 5.74) is 2.68. The first-order chi connectivity index (χ1) is 13.6. The van der Waals surface area contributed by atoms with Crippen LogP contribution in [0.2, 0.25) is 0 Å². The number of rotatable bonds is 6. The molecule has 28 heavy (non-hydrogen) atoms. The molecule has 0 aliphatic rings. The summed E-state index contributed by atoms with van der Waals surface area (Å²) in [5.74, 6) is 3.91. The van der Waals surface area contributed by atoms with E-state index in [2.05, 4.69) is 13.8 Å². The summed E-state index contributed by atoms with van der Waals surface area (Å²) in [6.45, 7) is 4.15. The van der Waals surface area contributed by atoms with E-state index in [1.165, 1.54) is 0 Å². The summed E-state index contributed by atoms with van der Waals surface area (Å²) in [6, 6.07) is 9.86. The summed E-state index contributed by atoms with van der Waals surface area (Å²) < 4.78 is 28.5. The SMILES string of the molecule is CCc1oc(CC)c2c(=[O+]C)cc(-c3ccc(OC)c(OC)c3)cc(OC)c12. The maximum Gasteiger partial charge on any atom is 0.355 e. The van der Waals surface area contributed by atoms with Gasteiger partial charge in [-0.3, -0.25) is 4.42 Å². The standard InChI is InChI=1S/C23H27O5/c1-7-16-22-20(26-5)12-15(13-21(27-6)23(22)17(8-2)28-16)14-9-10-18(24-3)19(11-14)25-4/h9-13H,7-8H2,1-6H3/q+1. The third-order valence-electron chi connectivity index (χ3n) is 4.92. The van der Waals surface area contributed by atoms with Crippen molar-refractivity contribution in [1.29, 1.82) is 0 Å². The molecule has 0 bridgehead atoms. The molecular formula is C23H27O5+. The summed E-state index contributed by atoms with van der Waals surface area (Å²) in [5, 5.41) is 1.93. The Bertz CT molecular complexity index is 1060. The third-order valence-corrected chi connectivity index (χ3v) is 4.92. The predicted octanol–water partition coefficient (Wildman–Crippen LogP) is 4.78. The molecule has 1 aromatic heterocycles. The van der Waals surface area contributed by atoms with Crippen LogP contribution in [0.1, 0.15) is 25.4 Å². The van der Waals surface area contributed by atoms with E-state index in [4.69, 9.17) is 23.1 Å². The fourth-order valence-corrected chi connectivity index (χ4v) is 3.52. The molecule has 0 spiro atoms. The zero-order valence-corrected chi connectivity index (χ0v) is 17.3. The van der Waals surface area contributed by atoms with Crippen LogP contribution in [0.4, 0.5) is 0 Å². The minimum Gasteiger partial charge on any atom is -0.496 e. The van der Waals surface area contributed by atoms with E-state index < -0.39 is 0 Å². The maximum atomic E-state index is 6.11. The van der Waals surface area contributed by atoms with Crippen molar-refractivity contribution in [1.82, 2.24) is 0 Å². The molecule has 3 aromatic rings. The van der Waals surface area contributed by atoms with Gasteiger partial charge in [0, 0.05) is 12.8 Å². The second kappa shape index (κ2) is 8.38. The van der Waals surface area contributed by atoms with Crippen LogP contribution in [-0.4, -0.2) is 28.4 Å². The minimum atomic E-state index is 0.668. The lowest BCUT2D eigenvalue weighted by molar-refractivity contribution is 0.355. The molecule has 1 heterocycles. The molecule has 0 amide bonds. The average Bonchev–Trinajstić information content (AvgIpc) is 3.03. The van der Waals surface area contributed by atoms with Gasteiger partial charge in [-0.05, 0) is 29.3 Å². The summed E-state index contributed by atoms with van der Waals surface area (Å²) >= 11 is 0. The highest BCUT2D eigenvalue weighted by Crippen LogP contribution is 2.36. The number of benzene rings is 1. The van der Waals surface area contributed by atoms with Crippen molar-refractivity contribution in [3.05, 3.63) is 51.7 Å². The molecule has 0 radical (unpaired) electrons. The van der Waals surface area contributed by atoms with Crippen molar-refractivity contribution in [3.63, 3.8) is 0 Å². The second-order valence-corrected chi connectivity index (χ2v) is 6.36. The number of furan rings is 1. The molecule has 0 unspecified atom stereocenters. The van der Waals surface area contributed by atoms with E-state index in [0.29, 0.717) is 11.5 Å². The molecule has 0 atom stereocenters. The molecule has 2 aromatic carbocycles. The van der Waals surface area contributed by atoms with E-state index in [0.717, 1.165) is 57.4 Å². The van der Waals surface area contributed by atoms with E-state index in [-0.39, 0.29) is 0 Å². The Labute approximate surface area is 165 Å². The Morgan fingerprint density at radius 2 is 1.36 bits per heavy atom. The lowest BCUT2D eigenvalue weighted by atomic mass is 10.1. The van der Waals surface area contributed by atoms with Gasteiger partial charge in [0.25, 0.3) is 7.11 Å². The first-order valence-electron chi connectivity index (χ1n) is 9.37. The van der Waals surface area contributed by atoms with Gasteiger partial charge in [0.2, 0.25) is 0 Å². The minimum absolute atomic E-state index is 0.668. The number of ether oxygens (including phenoxy) is 3. The van der Waals surface area contributed by atoms with Crippen LogP contribution < -0.4 is 19.6 Å². The predicted molar refractivity (Wildman–Crippen MR) is 112 cm³/mol. The zero-order chi connectivity index (χ0) is 20.3. The fourth-order valence-electron chi connectivity index (χ4n) is 3.52. The molecule has 0 N–H and O–H groups in total. The first-order valence-corrected chi connectivity index (χ1v) is 9.37. The van der Waals surface area contributed by atoms with Crippen LogP contribution in [0.3, 0.4) is 0 Å². The summed E-state index contributed by atoms with van der Waals surface area (Å²) in [4.78, 5) is 0. The Hall–Kier alpha value is -2.95. The van der Waals surface area contributed by atoms with Gasteiger partial charge in [0.1, 0.15) is 22.7 Å². The lowest BCUT2D eigenvalue weighted by Gasteiger charge is -2.09. The topological polar surface area (TPSA) is 52.1 Å². The van der Waals surface area contributed by atoms with Gasteiger partial charge < -0.3 is 18.6 Å². The number of fused-ring (bicyclic) bond motifs is 1. The molecule has 0 saturated carbocycles. The van der Waals surface area contributed by atoms with Crippen molar-refractivity contribution in [2.45, 2.75) is 26.7 Å². The van der Waals surface area contributed by atoms with Gasteiger partial charge in [-0.2, -0.15) is 0 Å². The molecule has 0 saturated heterocycles. The molecule has 0 fully saturated rings. The number of hydrogen-bond donors (Lipinski definition) is 0. The van der Waals surface area contributed by atoms with E-state index >= 15 is 0 Å². The zero-order valence-electron chi connectivity index (χ0n) is 17.3. The highest BCUT2D eigenvalue weighted by atomic mass is 16.5. The highest BCUT2D eigenvalue weighted by Gasteiger charge is 2.21. The summed E-state index contributed by atoms with van der Waals surface area (Å²) in [6.07, 6.45) is 1.54. The van der Waals surface area contributed by atoms with Crippen molar-refractivity contribution in [3.8, 4) is 28.4 Å². The van der Waals surface area contributed by atoms with E-state index in [1.54, 1.807) is 28.4 Å². The van der Waals surface area contributed by atoms with Gasteiger partial charge in [0.05, 0.1) is 32.8 Å². The molecule has 3 rings (SSSR count). The number of methoxy groups -OCH3 is 3. The lowest BCUT2D eigenvalue weighted by Crippen LogP contribution is -2.01. The van der Waals surface area contributed by atoms with Crippen LogP contribution in [0.5, 0.6) is 17.2 Å². The Morgan fingerprint density at radius 1 is 0.750 bits per heavy atom. The molecule has 5 heteroatoms. The smallest absolute Gasteiger partial charge is 0.355 e. The maximum absolute atomic E-state index is 6.11. The Kier molecular flexibility index (Phi) is 5.93. The van der Waals surface area contributed by atoms with E-state index in [1.807, 2.05) is 30.3 Å². The van der Waals surface area contributed by atoms with Gasteiger partial charge in [-0.1, -0.05) is 19.9 Å². The number of aryl methyl sites for hydroxylation is 2. The monoisotopic (exact) mass is 383 g/mol. The molecule has 0 aliphatic carbocycles. The van der Waals surface area contributed by atoms with E-state index in [9.17, 15) is 0 Å². The second-order valence-electron chi connectivity index (χ2n) is 6.36. The van der Waals surface area contributed by atoms with Crippen molar-refractivity contribution in [2.75, 3.05) is 28.4 Å². The normalized spacial score (nSPS) is 11.7. The van der Waals surface area contributed by atoms with Crippen molar-refractivity contribution in [2.24, 2.45) is 0 Å². The Morgan fingerprint density at radius 3 is 1.93 bits per heavy atom. The molecular weight excluding hydrogens is 356 g/mol. The van der Waals surface area contributed by atoms with Gasteiger partial charge in [-0.25, -0.2) is 0 Å². The average molecular weight is 383 g/mol. The molecule has 148 valence electrons. The van der Waals surface area contributed by atoms with Crippen LogP contribution in [0.15, 0.2) is 39.2 Å². The third kappa shape index (κ3) is 3.33. The van der Waals surface area contributed by atoms with Crippen LogP contribution in [0.25, 0.3) is 21.9 Å². The van der Waals surface area contributed by atoms with Gasteiger partial charge >= 0.3 is 5.43 Å². The largest absolute Gasteiger partial charge is 0.496 e. The van der Waals surface area contributed by atoms with Crippen LogP contribution in [0, 0.1) is 0 Å².